The highest BCUT2D eigenvalue weighted by molar-refractivity contribution is 5.43. The fourth-order valence-electron chi connectivity index (χ4n) is 1.59. The Balaban J connectivity index is 2.33. The van der Waals surface area contributed by atoms with Crippen LogP contribution in [0.4, 0.5) is 0 Å². The van der Waals surface area contributed by atoms with Crippen LogP contribution in [0.3, 0.4) is 0 Å². The average Bonchev–Trinajstić information content (AvgIpc) is 2.67. The van der Waals surface area contributed by atoms with Crippen molar-refractivity contribution in [3.8, 4) is 11.5 Å². The van der Waals surface area contributed by atoms with Crippen molar-refractivity contribution in [3.63, 3.8) is 0 Å². The van der Waals surface area contributed by atoms with Crippen LogP contribution in [0.2, 0.25) is 0 Å². The monoisotopic (exact) mass is 217 g/mol. The fraction of sp³-hybridized carbons (Fsp3) is 0.250. The largest absolute Gasteiger partial charge is 0.453 e. The molecule has 4 heteroatoms. The number of ether oxygens (including phenoxy) is 1. The summed E-state index contributed by atoms with van der Waals surface area (Å²) in [4.78, 5) is 0. The third kappa shape index (κ3) is 2.06. The van der Waals surface area contributed by atoms with Crippen LogP contribution >= 0.6 is 0 Å². The molecule has 1 heterocycles. The van der Waals surface area contributed by atoms with Crippen LogP contribution in [0.15, 0.2) is 30.6 Å². The van der Waals surface area contributed by atoms with Crippen molar-refractivity contribution < 1.29 is 4.74 Å². The highest BCUT2D eigenvalue weighted by atomic mass is 16.5. The summed E-state index contributed by atoms with van der Waals surface area (Å²) in [7, 11) is 1.86. The Morgan fingerprint density at radius 3 is 2.88 bits per heavy atom. The first kappa shape index (κ1) is 10.7. The predicted molar refractivity (Wildman–Crippen MR) is 62.4 cm³/mol. The molecule has 0 amide bonds. The van der Waals surface area contributed by atoms with E-state index in [2.05, 4.69) is 5.10 Å². The minimum atomic E-state index is 0.470. The van der Waals surface area contributed by atoms with Crippen molar-refractivity contribution in [1.82, 2.24) is 9.78 Å². The van der Waals surface area contributed by atoms with Crippen LogP contribution in [0.1, 0.15) is 11.1 Å². The second-order valence-electron chi connectivity index (χ2n) is 3.72. The smallest absolute Gasteiger partial charge is 0.165 e. The number of benzene rings is 1. The van der Waals surface area contributed by atoms with Crippen LogP contribution in [0.25, 0.3) is 0 Å². The fourth-order valence-corrected chi connectivity index (χ4v) is 1.59. The van der Waals surface area contributed by atoms with E-state index in [1.165, 1.54) is 0 Å². The van der Waals surface area contributed by atoms with Gasteiger partial charge in [0.15, 0.2) is 5.75 Å². The van der Waals surface area contributed by atoms with Crippen molar-refractivity contribution >= 4 is 0 Å². The standard InChI is InChI=1S/C12H15N3O/c1-9-4-3-5-10(6-13)12(9)16-11-7-14-15(2)8-11/h3-5,7-8H,6,13H2,1-2H3. The molecule has 0 radical (unpaired) electrons. The SMILES string of the molecule is Cc1cccc(CN)c1Oc1cnn(C)c1. The highest BCUT2D eigenvalue weighted by Gasteiger charge is 2.07. The summed E-state index contributed by atoms with van der Waals surface area (Å²) in [5, 5.41) is 4.06. The quantitative estimate of drug-likeness (QED) is 0.855. The van der Waals surface area contributed by atoms with Gasteiger partial charge >= 0.3 is 0 Å². The Hall–Kier alpha value is -1.81. The summed E-state index contributed by atoms with van der Waals surface area (Å²) < 4.78 is 7.49. The molecule has 2 N–H and O–H groups in total. The van der Waals surface area contributed by atoms with Gasteiger partial charge < -0.3 is 10.5 Å². The summed E-state index contributed by atoms with van der Waals surface area (Å²) in [6.45, 7) is 2.47. The molecule has 84 valence electrons. The molecule has 0 atom stereocenters. The summed E-state index contributed by atoms with van der Waals surface area (Å²) >= 11 is 0. The van der Waals surface area contributed by atoms with Gasteiger partial charge in [0, 0.05) is 19.2 Å². The van der Waals surface area contributed by atoms with Gasteiger partial charge in [-0.3, -0.25) is 4.68 Å². The van der Waals surface area contributed by atoms with E-state index in [-0.39, 0.29) is 0 Å². The zero-order valence-electron chi connectivity index (χ0n) is 9.47. The maximum Gasteiger partial charge on any atom is 0.165 e. The minimum Gasteiger partial charge on any atom is -0.453 e. The molecular formula is C12H15N3O. The molecule has 2 aromatic rings. The van der Waals surface area contributed by atoms with Gasteiger partial charge in [-0.15, -0.1) is 0 Å². The third-order valence-corrected chi connectivity index (χ3v) is 2.41. The first-order valence-electron chi connectivity index (χ1n) is 5.16. The van der Waals surface area contributed by atoms with Crippen molar-refractivity contribution in [3.05, 3.63) is 41.7 Å². The molecule has 0 aliphatic heterocycles. The summed E-state index contributed by atoms with van der Waals surface area (Å²) in [6, 6.07) is 5.96. The van der Waals surface area contributed by atoms with Crippen LogP contribution < -0.4 is 10.5 Å². The normalized spacial score (nSPS) is 10.4. The van der Waals surface area contributed by atoms with Gasteiger partial charge in [0.1, 0.15) is 5.75 Å². The van der Waals surface area contributed by atoms with E-state index in [9.17, 15) is 0 Å². The van der Waals surface area contributed by atoms with Crippen molar-refractivity contribution in [1.29, 1.82) is 0 Å². The second kappa shape index (κ2) is 4.37. The highest BCUT2D eigenvalue weighted by Crippen LogP contribution is 2.28. The molecule has 0 aliphatic carbocycles. The molecule has 0 bridgehead atoms. The Morgan fingerprint density at radius 1 is 1.44 bits per heavy atom. The maximum absolute atomic E-state index is 5.79. The average molecular weight is 217 g/mol. The van der Waals surface area contributed by atoms with Crippen LogP contribution in [0, 0.1) is 6.92 Å². The van der Waals surface area contributed by atoms with Crippen LogP contribution in [-0.2, 0) is 13.6 Å². The number of aromatic nitrogens is 2. The molecule has 4 nitrogen and oxygen atoms in total. The number of para-hydroxylation sites is 1. The van der Waals surface area contributed by atoms with Crippen molar-refractivity contribution in [2.75, 3.05) is 0 Å². The minimum absolute atomic E-state index is 0.470. The van der Waals surface area contributed by atoms with E-state index in [0.717, 1.165) is 22.6 Å². The van der Waals surface area contributed by atoms with Gasteiger partial charge in [-0.05, 0) is 12.5 Å². The van der Waals surface area contributed by atoms with E-state index >= 15 is 0 Å². The predicted octanol–water partition coefficient (Wildman–Crippen LogP) is 1.98. The lowest BCUT2D eigenvalue weighted by Gasteiger charge is -2.10. The molecule has 0 aliphatic rings. The number of nitrogens with two attached hydrogens (primary N) is 1. The first-order chi connectivity index (χ1) is 7.70. The molecule has 0 saturated carbocycles. The van der Waals surface area contributed by atoms with Crippen molar-refractivity contribution in [2.45, 2.75) is 13.5 Å². The number of rotatable bonds is 3. The molecular weight excluding hydrogens is 202 g/mol. The van der Waals surface area contributed by atoms with Gasteiger partial charge in [0.25, 0.3) is 0 Å². The molecule has 16 heavy (non-hydrogen) atoms. The third-order valence-electron chi connectivity index (χ3n) is 2.41. The Kier molecular flexibility index (Phi) is 2.92. The molecule has 0 saturated heterocycles. The zero-order valence-corrected chi connectivity index (χ0v) is 9.47. The molecule has 0 spiro atoms. The number of hydrogen-bond acceptors (Lipinski definition) is 3. The van der Waals surface area contributed by atoms with Gasteiger partial charge in [-0.1, -0.05) is 18.2 Å². The number of nitrogens with zero attached hydrogens (tertiary/aromatic N) is 2. The Bertz CT molecular complexity index is 491. The van der Waals surface area contributed by atoms with E-state index in [4.69, 9.17) is 10.5 Å². The van der Waals surface area contributed by atoms with E-state index in [0.29, 0.717) is 6.54 Å². The van der Waals surface area contributed by atoms with Crippen LogP contribution in [-0.4, -0.2) is 9.78 Å². The summed E-state index contributed by atoms with van der Waals surface area (Å²) in [6.07, 6.45) is 3.51. The lowest BCUT2D eigenvalue weighted by atomic mass is 10.1. The number of hydrogen-bond donors (Lipinski definition) is 1. The van der Waals surface area contributed by atoms with Gasteiger partial charge in [-0.2, -0.15) is 5.10 Å². The van der Waals surface area contributed by atoms with E-state index < -0.39 is 0 Å². The van der Waals surface area contributed by atoms with Gasteiger partial charge in [-0.25, -0.2) is 0 Å². The lowest BCUT2D eigenvalue weighted by Crippen LogP contribution is -2.00. The number of aryl methyl sites for hydroxylation is 2. The van der Waals surface area contributed by atoms with Gasteiger partial charge in [0.05, 0.1) is 12.4 Å². The van der Waals surface area contributed by atoms with Crippen molar-refractivity contribution in [2.24, 2.45) is 12.8 Å². The molecule has 0 unspecified atom stereocenters. The second-order valence-corrected chi connectivity index (χ2v) is 3.72. The van der Waals surface area contributed by atoms with E-state index in [1.807, 2.05) is 38.4 Å². The first-order valence-corrected chi connectivity index (χ1v) is 5.16. The summed E-state index contributed by atoms with van der Waals surface area (Å²) in [5.74, 6) is 1.56. The zero-order chi connectivity index (χ0) is 11.5. The Labute approximate surface area is 94.6 Å². The Morgan fingerprint density at radius 2 is 2.25 bits per heavy atom. The molecule has 2 rings (SSSR count). The molecule has 0 fully saturated rings. The van der Waals surface area contributed by atoms with Gasteiger partial charge in [0.2, 0.25) is 0 Å². The summed E-state index contributed by atoms with van der Waals surface area (Å²) in [5.41, 5.74) is 7.76. The molecule has 1 aromatic carbocycles. The topological polar surface area (TPSA) is 53.1 Å². The van der Waals surface area contributed by atoms with E-state index in [1.54, 1.807) is 10.9 Å². The molecule has 1 aromatic heterocycles. The maximum atomic E-state index is 5.79. The lowest BCUT2D eigenvalue weighted by molar-refractivity contribution is 0.472. The van der Waals surface area contributed by atoms with Crippen LogP contribution in [0.5, 0.6) is 11.5 Å².